The lowest BCUT2D eigenvalue weighted by atomic mass is 9.99. The zero-order chi connectivity index (χ0) is 21.0. The van der Waals surface area contributed by atoms with Crippen molar-refractivity contribution in [2.24, 2.45) is 0 Å². The highest BCUT2D eigenvalue weighted by molar-refractivity contribution is 7.89. The summed E-state index contributed by atoms with van der Waals surface area (Å²) >= 11 is 0. The van der Waals surface area contributed by atoms with Gasteiger partial charge < -0.3 is 15.7 Å². The molecule has 0 fully saturated rings. The van der Waals surface area contributed by atoms with E-state index in [1.165, 1.54) is 6.07 Å². The lowest BCUT2D eigenvalue weighted by Gasteiger charge is -2.26. The number of hydrogen-bond acceptors (Lipinski definition) is 4. The van der Waals surface area contributed by atoms with Crippen LogP contribution in [0.3, 0.4) is 0 Å². The summed E-state index contributed by atoms with van der Waals surface area (Å²) in [5, 5.41) is 14.1. The van der Waals surface area contributed by atoms with Gasteiger partial charge in [0.15, 0.2) is 0 Å². The van der Waals surface area contributed by atoms with Crippen LogP contribution in [0.5, 0.6) is 0 Å². The molecule has 9 heteroatoms. The van der Waals surface area contributed by atoms with E-state index in [1.54, 1.807) is 53.7 Å². The largest absolute Gasteiger partial charge is 0.481 e. The van der Waals surface area contributed by atoms with E-state index in [1.807, 2.05) is 0 Å². The van der Waals surface area contributed by atoms with E-state index in [-0.39, 0.29) is 17.7 Å². The number of hydrogen-bond donors (Lipinski definition) is 4. The van der Waals surface area contributed by atoms with Crippen molar-refractivity contribution >= 4 is 27.7 Å². The second kappa shape index (κ2) is 8.26. The maximum absolute atomic E-state index is 12.6. The molecule has 0 aliphatic heterocycles. The molecule has 1 aromatic rings. The summed E-state index contributed by atoms with van der Waals surface area (Å²) in [5.41, 5.74) is -0.597. The average Bonchev–Trinajstić information content (AvgIpc) is 2.44. The van der Waals surface area contributed by atoms with Crippen LogP contribution in [0.1, 0.15) is 53.0 Å². The first-order valence-electron chi connectivity index (χ1n) is 8.57. The molecule has 0 aliphatic rings. The highest BCUT2D eigenvalue weighted by atomic mass is 32.2. The van der Waals surface area contributed by atoms with Crippen molar-refractivity contribution < 1.29 is 23.1 Å². The van der Waals surface area contributed by atoms with Crippen LogP contribution >= 0.6 is 0 Å². The molecule has 0 aliphatic carbocycles. The van der Waals surface area contributed by atoms with E-state index in [9.17, 15) is 18.0 Å². The molecule has 0 saturated heterocycles. The summed E-state index contributed by atoms with van der Waals surface area (Å²) in [7, 11) is -3.75. The van der Waals surface area contributed by atoms with Crippen molar-refractivity contribution in [3.63, 3.8) is 0 Å². The van der Waals surface area contributed by atoms with E-state index < -0.39 is 33.1 Å². The average molecular weight is 400 g/mol. The first-order valence-corrected chi connectivity index (χ1v) is 10.1. The monoisotopic (exact) mass is 399 g/mol. The zero-order valence-electron chi connectivity index (χ0n) is 16.6. The van der Waals surface area contributed by atoms with E-state index in [4.69, 9.17) is 5.11 Å². The third kappa shape index (κ3) is 7.56. The SMILES string of the molecule is Cc1c(NC(=O)NC(C)(C)CCC(=O)O)cccc1S(=O)(=O)NC(C)(C)C. The van der Waals surface area contributed by atoms with Gasteiger partial charge in [0.1, 0.15) is 0 Å². The molecule has 0 radical (unpaired) electrons. The predicted molar refractivity (Wildman–Crippen MR) is 104 cm³/mol. The van der Waals surface area contributed by atoms with Gasteiger partial charge in [-0.3, -0.25) is 4.79 Å². The summed E-state index contributed by atoms with van der Waals surface area (Å²) in [5.74, 6) is -0.939. The summed E-state index contributed by atoms with van der Waals surface area (Å²) in [4.78, 5) is 23.1. The van der Waals surface area contributed by atoms with Crippen LogP contribution in [-0.4, -0.2) is 36.6 Å². The number of aliphatic carboxylic acids is 1. The number of nitrogens with one attached hydrogen (secondary N) is 3. The summed E-state index contributed by atoms with van der Waals surface area (Å²) in [6, 6.07) is 4.10. The molecular weight excluding hydrogens is 370 g/mol. The molecule has 0 spiro atoms. The number of sulfonamides is 1. The molecule has 0 bridgehead atoms. The first-order chi connectivity index (χ1) is 12.1. The lowest BCUT2D eigenvalue weighted by molar-refractivity contribution is -0.137. The third-order valence-corrected chi connectivity index (χ3v) is 5.58. The van der Waals surface area contributed by atoms with E-state index in [0.29, 0.717) is 11.3 Å². The predicted octanol–water partition coefficient (Wildman–Crippen LogP) is 2.84. The minimum absolute atomic E-state index is 0.0709. The Bertz CT molecular complexity index is 811. The lowest BCUT2D eigenvalue weighted by Crippen LogP contribution is -2.46. The Morgan fingerprint density at radius 3 is 2.22 bits per heavy atom. The molecule has 1 aromatic carbocycles. The second-order valence-corrected chi connectivity index (χ2v) is 9.79. The topological polar surface area (TPSA) is 125 Å². The van der Waals surface area contributed by atoms with Gasteiger partial charge in [0, 0.05) is 23.2 Å². The summed E-state index contributed by atoms with van der Waals surface area (Å²) < 4.78 is 27.8. The first kappa shape index (κ1) is 22.9. The van der Waals surface area contributed by atoms with Crippen LogP contribution in [0.15, 0.2) is 23.1 Å². The molecular formula is C18H29N3O5S. The second-order valence-electron chi connectivity index (χ2n) is 8.14. The van der Waals surface area contributed by atoms with Crippen molar-refractivity contribution in [1.29, 1.82) is 0 Å². The fourth-order valence-corrected chi connectivity index (χ4v) is 4.13. The van der Waals surface area contributed by atoms with Crippen LogP contribution in [-0.2, 0) is 14.8 Å². The fourth-order valence-electron chi connectivity index (χ4n) is 2.44. The van der Waals surface area contributed by atoms with Crippen LogP contribution in [0.2, 0.25) is 0 Å². The maximum atomic E-state index is 12.6. The standard InChI is InChI=1S/C18H29N3O5S/c1-12-13(19-16(24)20-18(5,6)11-10-15(22)23)8-7-9-14(12)27(25,26)21-17(2,3)4/h7-9,21H,10-11H2,1-6H3,(H,22,23)(H2,19,20,24). The van der Waals surface area contributed by atoms with E-state index >= 15 is 0 Å². The van der Waals surface area contributed by atoms with Crippen molar-refractivity contribution in [3.05, 3.63) is 23.8 Å². The quantitative estimate of drug-likeness (QED) is 0.561. The van der Waals surface area contributed by atoms with Crippen LogP contribution in [0.25, 0.3) is 0 Å². The van der Waals surface area contributed by atoms with Gasteiger partial charge in [0.2, 0.25) is 10.0 Å². The smallest absolute Gasteiger partial charge is 0.319 e. The number of carboxylic acid groups (broad SMARTS) is 1. The number of rotatable bonds is 7. The van der Waals surface area contributed by atoms with Gasteiger partial charge >= 0.3 is 12.0 Å². The fraction of sp³-hybridized carbons (Fsp3) is 0.556. The van der Waals surface area contributed by atoms with Gasteiger partial charge in [-0.15, -0.1) is 0 Å². The number of carbonyl (C=O) groups is 2. The van der Waals surface area contributed by atoms with E-state index in [0.717, 1.165) is 0 Å². The van der Waals surface area contributed by atoms with Gasteiger partial charge in [-0.2, -0.15) is 0 Å². The van der Waals surface area contributed by atoms with Crippen LogP contribution < -0.4 is 15.4 Å². The molecule has 2 amide bonds. The molecule has 0 saturated carbocycles. The molecule has 4 N–H and O–H groups in total. The third-order valence-electron chi connectivity index (χ3n) is 3.68. The van der Waals surface area contributed by atoms with Crippen molar-refractivity contribution in [2.45, 2.75) is 70.4 Å². The highest BCUT2D eigenvalue weighted by Crippen LogP contribution is 2.24. The zero-order valence-corrected chi connectivity index (χ0v) is 17.5. The van der Waals surface area contributed by atoms with E-state index in [2.05, 4.69) is 15.4 Å². The van der Waals surface area contributed by atoms with Gasteiger partial charge in [-0.25, -0.2) is 17.9 Å². The Balaban J connectivity index is 2.97. The van der Waals surface area contributed by atoms with Gasteiger partial charge in [-0.05, 0) is 65.7 Å². The Morgan fingerprint density at radius 1 is 1.11 bits per heavy atom. The molecule has 152 valence electrons. The van der Waals surface area contributed by atoms with Gasteiger partial charge in [0.25, 0.3) is 0 Å². The summed E-state index contributed by atoms with van der Waals surface area (Å²) in [6.45, 7) is 10.3. The van der Waals surface area contributed by atoms with Crippen LogP contribution in [0.4, 0.5) is 10.5 Å². The van der Waals surface area contributed by atoms with Crippen molar-refractivity contribution in [3.8, 4) is 0 Å². The Morgan fingerprint density at radius 2 is 1.70 bits per heavy atom. The Kier molecular flexibility index (Phi) is 7.01. The molecule has 8 nitrogen and oxygen atoms in total. The molecule has 0 heterocycles. The molecule has 0 atom stereocenters. The van der Waals surface area contributed by atoms with Crippen molar-refractivity contribution in [2.75, 3.05) is 5.32 Å². The van der Waals surface area contributed by atoms with Crippen LogP contribution in [0, 0.1) is 6.92 Å². The Labute approximate surface area is 160 Å². The number of benzene rings is 1. The molecule has 0 unspecified atom stereocenters. The normalized spacial score (nSPS) is 12.5. The number of urea groups is 1. The minimum atomic E-state index is -3.75. The molecule has 27 heavy (non-hydrogen) atoms. The van der Waals surface area contributed by atoms with Gasteiger partial charge in [0.05, 0.1) is 4.90 Å². The highest BCUT2D eigenvalue weighted by Gasteiger charge is 2.25. The van der Waals surface area contributed by atoms with Gasteiger partial charge in [-0.1, -0.05) is 6.07 Å². The molecule has 0 aromatic heterocycles. The Hall–Kier alpha value is -2.13. The van der Waals surface area contributed by atoms with Crippen molar-refractivity contribution in [1.82, 2.24) is 10.0 Å². The number of carboxylic acids is 1. The summed E-state index contributed by atoms with van der Waals surface area (Å²) in [6.07, 6.45) is 0.192. The number of carbonyl (C=O) groups excluding carboxylic acids is 1. The maximum Gasteiger partial charge on any atom is 0.319 e. The molecule has 1 rings (SSSR count). The minimum Gasteiger partial charge on any atom is -0.481 e. The number of anilines is 1. The number of amides is 2.